The van der Waals surface area contributed by atoms with Crippen molar-refractivity contribution in [3.63, 3.8) is 0 Å². The van der Waals surface area contributed by atoms with Crippen molar-refractivity contribution in [1.82, 2.24) is 14.8 Å². The van der Waals surface area contributed by atoms with Gasteiger partial charge in [0.15, 0.2) is 0 Å². The first kappa shape index (κ1) is 17.1. The number of anilines is 1. The van der Waals surface area contributed by atoms with Crippen LogP contribution in [0.2, 0.25) is 0 Å². The molecule has 3 rings (SSSR count). The molecule has 1 fully saturated rings. The fourth-order valence-electron chi connectivity index (χ4n) is 2.43. The third-order valence-electron chi connectivity index (χ3n) is 3.79. The third-order valence-corrected chi connectivity index (χ3v) is 4.53. The van der Waals surface area contributed by atoms with E-state index in [9.17, 15) is 14.0 Å². The zero-order chi connectivity index (χ0) is 17.6. The van der Waals surface area contributed by atoms with Gasteiger partial charge in [0, 0.05) is 49.5 Å². The van der Waals surface area contributed by atoms with Gasteiger partial charge in [0.25, 0.3) is 0 Å². The molecule has 0 spiro atoms. The minimum atomic E-state index is -0.351. The van der Waals surface area contributed by atoms with Crippen LogP contribution in [0.25, 0.3) is 6.08 Å². The predicted octanol–water partition coefficient (Wildman–Crippen LogP) is 2.67. The van der Waals surface area contributed by atoms with Gasteiger partial charge in [0.05, 0.1) is 0 Å². The summed E-state index contributed by atoms with van der Waals surface area (Å²) < 4.78 is 12.9. The van der Waals surface area contributed by atoms with E-state index >= 15 is 0 Å². The van der Waals surface area contributed by atoms with Crippen molar-refractivity contribution in [2.24, 2.45) is 0 Å². The van der Waals surface area contributed by atoms with Crippen molar-refractivity contribution in [2.75, 3.05) is 31.5 Å². The van der Waals surface area contributed by atoms with Crippen LogP contribution in [0.3, 0.4) is 0 Å². The second-order valence-corrected chi connectivity index (χ2v) is 6.38. The van der Waals surface area contributed by atoms with Crippen LogP contribution < -0.4 is 5.32 Å². The number of hydrogen-bond donors (Lipinski definition) is 1. The monoisotopic (exact) mass is 360 g/mol. The van der Waals surface area contributed by atoms with E-state index in [2.05, 4.69) is 10.3 Å². The average molecular weight is 360 g/mol. The first-order valence-corrected chi connectivity index (χ1v) is 8.68. The summed E-state index contributed by atoms with van der Waals surface area (Å²) in [5.41, 5.74) is 0.538. The number of halogens is 1. The van der Waals surface area contributed by atoms with Crippen LogP contribution in [0.1, 0.15) is 5.01 Å². The van der Waals surface area contributed by atoms with E-state index in [1.54, 1.807) is 22.1 Å². The number of amides is 3. The van der Waals surface area contributed by atoms with E-state index in [-0.39, 0.29) is 17.8 Å². The number of nitrogens with zero attached hydrogens (tertiary/aromatic N) is 3. The van der Waals surface area contributed by atoms with Gasteiger partial charge in [-0.25, -0.2) is 14.2 Å². The number of nitrogens with one attached hydrogen (secondary N) is 1. The first-order chi connectivity index (χ1) is 12.1. The number of piperazine rings is 1. The first-order valence-electron chi connectivity index (χ1n) is 7.80. The van der Waals surface area contributed by atoms with Gasteiger partial charge in [-0.3, -0.25) is 4.79 Å². The lowest BCUT2D eigenvalue weighted by Crippen LogP contribution is -2.51. The molecule has 0 radical (unpaired) electrons. The lowest BCUT2D eigenvalue weighted by molar-refractivity contribution is -0.127. The van der Waals surface area contributed by atoms with Crippen LogP contribution in [0.5, 0.6) is 0 Å². The van der Waals surface area contributed by atoms with E-state index < -0.39 is 0 Å². The van der Waals surface area contributed by atoms with Gasteiger partial charge in [0.1, 0.15) is 10.8 Å². The molecule has 8 heteroatoms. The molecule has 1 aliphatic heterocycles. The van der Waals surface area contributed by atoms with E-state index in [0.717, 1.165) is 5.01 Å². The second kappa shape index (κ2) is 7.89. The van der Waals surface area contributed by atoms with Gasteiger partial charge in [-0.1, -0.05) is 0 Å². The average Bonchev–Trinajstić information content (AvgIpc) is 3.15. The Bertz CT molecular complexity index is 753. The van der Waals surface area contributed by atoms with E-state index in [1.807, 2.05) is 5.38 Å². The fourth-order valence-corrected chi connectivity index (χ4v) is 2.96. The van der Waals surface area contributed by atoms with Crippen LogP contribution in [0.4, 0.5) is 14.9 Å². The number of rotatable bonds is 3. The highest BCUT2D eigenvalue weighted by molar-refractivity contribution is 7.10. The molecule has 0 atom stereocenters. The summed E-state index contributed by atoms with van der Waals surface area (Å²) in [6, 6.07) is 5.35. The molecule has 0 saturated carbocycles. The predicted molar refractivity (Wildman–Crippen MR) is 94.7 cm³/mol. The molecule has 0 aliphatic carbocycles. The summed E-state index contributed by atoms with van der Waals surface area (Å²) in [5.74, 6) is -0.440. The number of thiazole rings is 1. The standard InChI is InChI=1S/C17H17FN4O2S/c18-13-1-3-14(4-2-13)20-17(24)22-10-8-21(9-11-22)16(23)6-5-15-19-7-12-25-15/h1-7,12H,8-11H2,(H,20,24). The van der Waals surface area contributed by atoms with Crippen molar-refractivity contribution in [3.05, 3.63) is 52.7 Å². The number of aromatic nitrogens is 1. The minimum absolute atomic E-state index is 0.0891. The molecule has 2 heterocycles. The largest absolute Gasteiger partial charge is 0.336 e. The SMILES string of the molecule is O=C(C=Cc1nccs1)N1CCN(C(=O)Nc2ccc(F)cc2)CC1. The highest BCUT2D eigenvalue weighted by atomic mass is 32.1. The molecule has 0 unspecified atom stereocenters. The zero-order valence-electron chi connectivity index (χ0n) is 13.4. The second-order valence-electron chi connectivity index (χ2n) is 5.45. The summed E-state index contributed by atoms with van der Waals surface area (Å²) >= 11 is 1.46. The number of benzene rings is 1. The highest BCUT2D eigenvalue weighted by Gasteiger charge is 2.23. The Morgan fingerprint density at radius 2 is 1.80 bits per heavy atom. The molecular formula is C17H17FN4O2S. The highest BCUT2D eigenvalue weighted by Crippen LogP contribution is 2.11. The number of hydrogen-bond acceptors (Lipinski definition) is 4. The maximum atomic E-state index is 12.9. The third kappa shape index (κ3) is 4.63. The molecule has 1 aromatic carbocycles. The molecule has 2 aromatic rings. The Hall–Kier alpha value is -2.74. The van der Waals surface area contributed by atoms with Gasteiger partial charge in [-0.05, 0) is 30.3 Å². The quantitative estimate of drug-likeness (QED) is 0.856. The van der Waals surface area contributed by atoms with Crippen molar-refractivity contribution in [1.29, 1.82) is 0 Å². The number of carbonyl (C=O) groups is 2. The van der Waals surface area contributed by atoms with E-state index in [0.29, 0.717) is 31.9 Å². The summed E-state index contributed by atoms with van der Waals surface area (Å²) in [7, 11) is 0. The van der Waals surface area contributed by atoms with Gasteiger partial charge >= 0.3 is 6.03 Å². The Labute approximate surface area is 148 Å². The summed E-state index contributed by atoms with van der Waals surface area (Å²) in [6.07, 6.45) is 4.89. The van der Waals surface area contributed by atoms with Crippen LogP contribution in [0, 0.1) is 5.82 Å². The van der Waals surface area contributed by atoms with Crippen LogP contribution in [-0.2, 0) is 4.79 Å². The molecule has 130 valence electrons. The lowest BCUT2D eigenvalue weighted by atomic mass is 10.3. The van der Waals surface area contributed by atoms with Gasteiger partial charge in [-0.15, -0.1) is 11.3 Å². The molecule has 0 bridgehead atoms. The molecule has 6 nitrogen and oxygen atoms in total. The van der Waals surface area contributed by atoms with Crippen molar-refractivity contribution in [3.8, 4) is 0 Å². The van der Waals surface area contributed by atoms with Crippen molar-refractivity contribution < 1.29 is 14.0 Å². The maximum absolute atomic E-state index is 12.9. The zero-order valence-corrected chi connectivity index (χ0v) is 14.2. The molecule has 1 aromatic heterocycles. The Balaban J connectivity index is 1.48. The topological polar surface area (TPSA) is 65.5 Å². The molecule has 3 amide bonds. The summed E-state index contributed by atoms with van der Waals surface area (Å²) in [6.45, 7) is 1.84. The van der Waals surface area contributed by atoms with E-state index in [1.165, 1.54) is 41.7 Å². The number of carbonyl (C=O) groups excluding carboxylic acids is 2. The van der Waals surface area contributed by atoms with Crippen LogP contribution >= 0.6 is 11.3 Å². The molecule has 25 heavy (non-hydrogen) atoms. The molecule has 1 saturated heterocycles. The summed E-state index contributed by atoms with van der Waals surface area (Å²) in [5, 5.41) is 5.36. The van der Waals surface area contributed by atoms with Crippen molar-refractivity contribution >= 4 is 35.0 Å². The van der Waals surface area contributed by atoms with Gasteiger partial charge in [-0.2, -0.15) is 0 Å². The fraction of sp³-hybridized carbons (Fsp3) is 0.235. The van der Waals surface area contributed by atoms with Crippen molar-refractivity contribution in [2.45, 2.75) is 0 Å². The molecular weight excluding hydrogens is 343 g/mol. The lowest BCUT2D eigenvalue weighted by Gasteiger charge is -2.34. The molecule has 1 N–H and O–H groups in total. The Kier molecular flexibility index (Phi) is 5.39. The van der Waals surface area contributed by atoms with E-state index in [4.69, 9.17) is 0 Å². The maximum Gasteiger partial charge on any atom is 0.321 e. The van der Waals surface area contributed by atoms with Crippen LogP contribution in [-0.4, -0.2) is 52.9 Å². The smallest absolute Gasteiger partial charge is 0.321 e. The molecule has 1 aliphatic rings. The van der Waals surface area contributed by atoms with Gasteiger partial charge in [0.2, 0.25) is 5.91 Å². The minimum Gasteiger partial charge on any atom is -0.336 e. The Morgan fingerprint density at radius 1 is 1.12 bits per heavy atom. The van der Waals surface area contributed by atoms with Gasteiger partial charge < -0.3 is 15.1 Å². The normalized spacial score (nSPS) is 14.8. The number of urea groups is 1. The summed E-state index contributed by atoms with van der Waals surface area (Å²) in [4.78, 5) is 31.8. The van der Waals surface area contributed by atoms with Crippen LogP contribution in [0.15, 0.2) is 41.9 Å². The Morgan fingerprint density at radius 3 is 2.44 bits per heavy atom.